The molecule has 258 valence electrons. The smallest absolute Gasteiger partial charge is 0.339 e. The van der Waals surface area contributed by atoms with Crippen LogP contribution >= 0.6 is 0 Å². The number of halogens is 2. The predicted octanol–water partition coefficient (Wildman–Crippen LogP) is -0.399. The second-order valence-electron chi connectivity index (χ2n) is 11.0. The number of carboxylic acid groups (broad SMARTS) is 1. The molecule has 2 aliphatic rings. The Hall–Kier alpha value is -5.48. The van der Waals surface area contributed by atoms with Crippen molar-refractivity contribution in [1.82, 2.24) is 26.2 Å². The summed E-state index contributed by atoms with van der Waals surface area (Å²) in [6.07, 6.45) is 7.33. The van der Waals surface area contributed by atoms with Crippen molar-refractivity contribution in [2.45, 2.75) is 63.6 Å². The number of rotatable bonds is 15. The maximum atomic E-state index is 14.2. The molecular weight excluding hydrogens is 638 g/mol. The monoisotopic (exact) mass is 674 g/mol. The maximum absolute atomic E-state index is 14.2. The van der Waals surface area contributed by atoms with Crippen molar-refractivity contribution in [2.75, 3.05) is 19.6 Å². The zero-order valence-electron chi connectivity index (χ0n) is 26.0. The molecule has 1 aliphatic carbocycles. The van der Waals surface area contributed by atoms with Crippen molar-refractivity contribution < 1.29 is 52.2 Å². The van der Waals surface area contributed by atoms with E-state index in [1.54, 1.807) is 19.1 Å². The first kappa shape index (κ1) is 37.0. The van der Waals surface area contributed by atoms with Gasteiger partial charge in [0, 0.05) is 6.54 Å². The van der Waals surface area contributed by atoms with Gasteiger partial charge in [-0.05, 0) is 49.8 Å². The quantitative estimate of drug-likeness (QED) is 0.133. The number of carbonyl (C=O) groups is 8. The molecule has 7 N–H and O–H groups in total. The summed E-state index contributed by atoms with van der Waals surface area (Å²) in [6.45, 7) is 0.323. The highest BCUT2D eigenvalue weighted by Crippen LogP contribution is 2.20. The number of primary amides is 1. The molecule has 1 aromatic rings. The summed E-state index contributed by atoms with van der Waals surface area (Å²) in [5, 5.41) is 18.3. The molecule has 1 aromatic carbocycles. The predicted molar refractivity (Wildman–Crippen MR) is 163 cm³/mol. The molecule has 0 saturated carbocycles. The molecule has 1 saturated heterocycles. The van der Waals surface area contributed by atoms with Gasteiger partial charge in [-0.3, -0.25) is 33.6 Å². The van der Waals surface area contributed by atoms with E-state index < -0.39 is 101 Å². The maximum Gasteiger partial charge on any atom is 0.339 e. The van der Waals surface area contributed by atoms with Crippen molar-refractivity contribution in [1.29, 1.82) is 0 Å². The number of carbonyl (C=O) groups excluding carboxylic acids is 7. The van der Waals surface area contributed by atoms with E-state index >= 15 is 0 Å². The molecule has 3 rings (SSSR count). The van der Waals surface area contributed by atoms with Gasteiger partial charge in [-0.25, -0.2) is 13.6 Å². The second-order valence-corrected chi connectivity index (χ2v) is 11.0. The fourth-order valence-corrected chi connectivity index (χ4v) is 5.32. The molecule has 0 aromatic heterocycles. The summed E-state index contributed by atoms with van der Waals surface area (Å²) in [5.41, 5.74) is 3.68. The minimum atomic E-state index is -1.89. The zero-order chi connectivity index (χ0) is 35.5. The lowest BCUT2D eigenvalue weighted by molar-refractivity contribution is -0.142. The van der Waals surface area contributed by atoms with E-state index in [2.05, 4.69) is 16.0 Å². The molecule has 1 fully saturated rings. The van der Waals surface area contributed by atoms with E-state index in [-0.39, 0.29) is 19.4 Å². The van der Waals surface area contributed by atoms with E-state index in [1.807, 2.05) is 11.4 Å². The first-order chi connectivity index (χ1) is 22.8. The number of nitrogens with one attached hydrogen (secondary N) is 4. The van der Waals surface area contributed by atoms with Crippen LogP contribution in [0.4, 0.5) is 8.78 Å². The van der Waals surface area contributed by atoms with Crippen molar-refractivity contribution >= 4 is 47.2 Å². The third-order valence-electron chi connectivity index (χ3n) is 7.67. The minimum absolute atomic E-state index is 0.0391. The van der Waals surface area contributed by atoms with Gasteiger partial charge in [0.25, 0.3) is 11.8 Å². The highest BCUT2D eigenvalue weighted by molar-refractivity contribution is 6.38. The van der Waals surface area contributed by atoms with Gasteiger partial charge in [-0.2, -0.15) is 0 Å². The Morgan fingerprint density at radius 3 is 2.29 bits per heavy atom. The average Bonchev–Trinajstić information content (AvgIpc) is 3.56. The van der Waals surface area contributed by atoms with Gasteiger partial charge in [-0.15, -0.1) is 0 Å². The van der Waals surface area contributed by atoms with Crippen LogP contribution in [0, 0.1) is 11.6 Å². The number of hydrogen-bond acceptors (Lipinski definition) is 8. The van der Waals surface area contributed by atoms with Gasteiger partial charge in [0.1, 0.15) is 29.3 Å². The molecule has 0 bridgehead atoms. The Morgan fingerprint density at radius 1 is 1.00 bits per heavy atom. The number of allylic oxidation sites excluding steroid dienone is 3. The zero-order valence-corrected chi connectivity index (χ0v) is 26.0. The first-order valence-electron chi connectivity index (χ1n) is 15.1. The molecule has 1 aliphatic heterocycles. The number of hydrogen-bond donors (Lipinski definition) is 6. The molecule has 0 radical (unpaired) electrons. The Labute approximate surface area is 273 Å². The van der Waals surface area contributed by atoms with Crippen LogP contribution in [-0.2, 0) is 28.8 Å². The van der Waals surface area contributed by atoms with Crippen LogP contribution < -0.4 is 27.0 Å². The third-order valence-corrected chi connectivity index (χ3v) is 7.67. The highest BCUT2D eigenvalue weighted by Gasteiger charge is 2.37. The lowest BCUT2D eigenvalue weighted by Crippen LogP contribution is -2.55. The van der Waals surface area contributed by atoms with Crippen LogP contribution in [0.1, 0.15) is 66.2 Å². The van der Waals surface area contributed by atoms with E-state index in [9.17, 15) is 52.2 Å². The largest absolute Gasteiger partial charge is 0.478 e. The molecule has 15 nitrogen and oxygen atoms in total. The summed E-state index contributed by atoms with van der Waals surface area (Å²) >= 11 is 0. The number of nitrogens with zero attached hydrogens (tertiary/aromatic N) is 1. The summed E-state index contributed by atoms with van der Waals surface area (Å²) < 4.78 is 28.2. The fraction of sp³-hybridized carbons (Fsp3) is 0.419. The molecule has 3 atom stereocenters. The summed E-state index contributed by atoms with van der Waals surface area (Å²) in [7, 11) is 0. The van der Waals surface area contributed by atoms with Crippen molar-refractivity contribution in [3.05, 3.63) is 58.7 Å². The summed E-state index contributed by atoms with van der Waals surface area (Å²) in [4.78, 5) is 101. The number of aromatic carboxylic acids is 1. The van der Waals surface area contributed by atoms with E-state index in [1.165, 1.54) is 0 Å². The first-order valence-corrected chi connectivity index (χ1v) is 15.1. The number of likely N-dealkylation sites (tertiary alicyclic amines) is 1. The Morgan fingerprint density at radius 2 is 1.69 bits per heavy atom. The number of Topliss-reactive ketones (excluding diaryl/α,β-unsaturated/α-hetero) is 1. The van der Waals surface area contributed by atoms with Crippen LogP contribution in [0.5, 0.6) is 0 Å². The van der Waals surface area contributed by atoms with Gasteiger partial charge < -0.3 is 37.0 Å². The second kappa shape index (κ2) is 16.9. The third kappa shape index (κ3) is 9.29. The standard InChI is InChI=1S/C31H36F2N6O9/c1-2-7-19(26(42)30(46)35-14-21(40)38-25(27(34)43)16-8-4-3-5-9-16)37-28(44)20-10-6-13-39(20)22(41)15-36-29(45)23-17(32)11-12-18(33)24(23)31(47)48/h3-4,8,11-12,19-20,25H,2,5-7,9-10,13-15H2,1H3,(H2,34,43)(H,35,46)(H,36,45)(H,37,44)(H,38,40)(H,47,48)/t19?,20-,25?/m0/s1. The molecule has 17 heteroatoms. The average molecular weight is 675 g/mol. The lowest BCUT2D eigenvalue weighted by Gasteiger charge is -2.26. The van der Waals surface area contributed by atoms with Gasteiger partial charge in [0.2, 0.25) is 29.4 Å². The van der Waals surface area contributed by atoms with Crippen LogP contribution in [0.15, 0.2) is 35.9 Å². The van der Waals surface area contributed by atoms with Crippen molar-refractivity contribution in [2.24, 2.45) is 5.73 Å². The van der Waals surface area contributed by atoms with Gasteiger partial charge in [0.05, 0.1) is 24.7 Å². The molecule has 6 amide bonds. The Kier molecular flexibility index (Phi) is 13.0. The number of amides is 6. The Balaban J connectivity index is 1.58. The number of ketones is 1. The molecule has 48 heavy (non-hydrogen) atoms. The van der Waals surface area contributed by atoms with Crippen LogP contribution in [0.2, 0.25) is 0 Å². The van der Waals surface area contributed by atoms with Crippen LogP contribution in [0.25, 0.3) is 0 Å². The molecular formula is C31H36F2N6O9. The molecule has 0 spiro atoms. The van der Waals surface area contributed by atoms with E-state index in [4.69, 9.17) is 5.73 Å². The summed E-state index contributed by atoms with van der Waals surface area (Å²) in [5.74, 6) is -11.3. The Bertz CT molecular complexity index is 1560. The van der Waals surface area contributed by atoms with Gasteiger partial charge >= 0.3 is 5.97 Å². The normalized spacial score (nSPS) is 16.6. The van der Waals surface area contributed by atoms with Crippen molar-refractivity contribution in [3.63, 3.8) is 0 Å². The SMILES string of the molecule is CCCC(NC(=O)[C@@H]1CCCN1C(=O)CNC(=O)c1c(F)ccc(F)c1C(=O)O)C(=O)C(=O)NCC(=O)NC(C(N)=O)C1=CC=CCC1. The minimum Gasteiger partial charge on any atom is -0.478 e. The van der Waals surface area contributed by atoms with E-state index in [0.717, 1.165) is 4.90 Å². The fourth-order valence-electron chi connectivity index (χ4n) is 5.32. The lowest BCUT2D eigenvalue weighted by atomic mass is 9.97. The highest BCUT2D eigenvalue weighted by atomic mass is 19.1. The molecule has 2 unspecified atom stereocenters. The summed E-state index contributed by atoms with van der Waals surface area (Å²) in [6, 6.07) is -2.41. The van der Waals surface area contributed by atoms with Gasteiger partial charge in [0.15, 0.2) is 0 Å². The van der Waals surface area contributed by atoms with Crippen LogP contribution in [0.3, 0.4) is 0 Å². The number of nitrogens with two attached hydrogens (primary N) is 1. The topological polar surface area (TPSA) is 234 Å². The number of carboxylic acids is 1. The molecule has 1 heterocycles. The van der Waals surface area contributed by atoms with Crippen LogP contribution in [-0.4, -0.2) is 95.0 Å². The number of benzene rings is 1. The van der Waals surface area contributed by atoms with Gasteiger partial charge in [-0.1, -0.05) is 31.6 Å². The van der Waals surface area contributed by atoms with Crippen molar-refractivity contribution in [3.8, 4) is 0 Å². The van der Waals surface area contributed by atoms with E-state index in [0.29, 0.717) is 43.4 Å².